The number of halogens is 2. The maximum absolute atomic E-state index is 14.8. The number of nitrogens with one attached hydrogen (secondary N) is 1. The van der Waals surface area contributed by atoms with Gasteiger partial charge < -0.3 is 24.4 Å². The van der Waals surface area contributed by atoms with Crippen LogP contribution in [0, 0.1) is 11.6 Å². The Hall–Kier alpha value is -2.62. The van der Waals surface area contributed by atoms with Gasteiger partial charge in [-0.2, -0.15) is 0 Å². The number of benzene rings is 1. The van der Waals surface area contributed by atoms with E-state index in [1.54, 1.807) is 4.90 Å². The molecule has 0 spiro atoms. The third-order valence-corrected chi connectivity index (χ3v) is 5.21. The molecule has 3 fully saturated rings. The van der Waals surface area contributed by atoms with Crippen LogP contribution in [0.3, 0.4) is 0 Å². The molecule has 10 heteroatoms. The van der Waals surface area contributed by atoms with E-state index in [2.05, 4.69) is 10.1 Å². The van der Waals surface area contributed by atoms with Gasteiger partial charge in [-0.15, -0.1) is 0 Å². The Kier molecular flexibility index (Phi) is 4.96. The van der Waals surface area contributed by atoms with Gasteiger partial charge in [0.05, 0.1) is 38.1 Å². The number of amides is 2. The quantitative estimate of drug-likeness (QED) is 0.837. The number of alkyl carbamates (subject to hydrolysis) is 1. The fraction of sp³-hybridized carbons (Fsp3) is 0.556. The first kappa shape index (κ1) is 18.7. The van der Waals surface area contributed by atoms with E-state index in [-0.39, 0.29) is 36.7 Å². The van der Waals surface area contributed by atoms with Crippen molar-refractivity contribution in [2.45, 2.75) is 31.2 Å². The lowest BCUT2D eigenvalue weighted by atomic mass is 10.2. The second kappa shape index (κ2) is 7.42. The van der Waals surface area contributed by atoms with Gasteiger partial charge in [-0.3, -0.25) is 4.90 Å². The van der Waals surface area contributed by atoms with Crippen LogP contribution in [0.5, 0.6) is 0 Å². The summed E-state index contributed by atoms with van der Waals surface area (Å²) in [6, 6.07) is 2.26. The predicted octanol–water partition coefficient (Wildman–Crippen LogP) is 2.01. The molecule has 0 radical (unpaired) electrons. The number of nitrogens with zero attached hydrogens (tertiary/aromatic N) is 2. The van der Waals surface area contributed by atoms with E-state index >= 15 is 0 Å². The first-order valence-corrected chi connectivity index (χ1v) is 9.14. The zero-order chi connectivity index (χ0) is 19.8. The number of anilines is 2. The topological polar surface area (TPSA) is 80.3 Å². The average molecular weight is 397 g/mol. The molecule has 0 aliphatic carbocycles. The first-order valence-electron chi connectivity index (χ1n) is 9.14. The summed E-state index contributed by atoms with van der Waals surface area (Å²) >= 11 is 0. The summed E-state index contributed by atoms with van der Waals surface area (Å²) in [4.78, 5) is 26.0. The van der Waals surface area contributed by atoms with Gasteiger partial charge in [-0.25, -0.2) is 18.4 Å². The summed E-state index contributed by atoms with van der Waals surface area (Å²) in [5.41, 5.74) is -0.0269. The minimum absolute atomic E-state index is 0.00569. The van der Waals surface area contributed by atoms with E-state index in [9.17, 15) is 18.4 Å². The summed E-state index contributed by atoms with van der Waals surface area (Å²) in [5, 5.41) is 2.42. The van der Waals surface area contributed by atoms with E-state index < -0.39 is 29.9 Å². The zero-order valence-electron chi connectivity index (χ0n) is 15.3. The molecule has 1 N–H and O–H groups in total. The molecule has 1 aromatic carbocycles. The van der Waals surface area contributed by atoms with Gasteiger partial charge in [0, 0.05) is 25.2 Å². The summed E-state index contributed by atoms with van der Waals surface area (Å²) in [7, 11) is 1.22. The van der Waals surface area contributed by atoms with E-state index in [1.165, 1.54) is 7.11 Å². The summed E-state index contributed by atoms with van der Waals surface area (Å²) in [6.07, 6.45) is -0.260. The van der Waals surface area contributed by atoms with Crippen molar-refractivity contribution in [2.24, 2.45) is 0 Å². The number of rotatable bonds is 4. The Morgan fingerprint density at radius 2 is 1.86 bits per heavy atom. The van der Waals surface area contributed by atoms with Gasteiger partial charge in [0.15, 0.2) is 11.6 Å². The van der Waals surface area contributed by atoms with Crippen LogP contribution in [0.4, 0.5) is 29.7 Å². The second-order valence-corrected chi connectivity index (χ2v) is 7.11. The minimum atomic E-state index is -0.736. The molecule has 4 rings (SSSR count). The molecule has 0 saturated carbocycles. The van der Waals surface area contributed by atoms with Crippen molar-refractivity contribution >= 4 is 23.6 Å². The molecule has 2 amide bonds. The smallest absolute Gasteiger partial charge is 0.414 e. The summed E-state index contributed by atoms with van der Waals surface area (Å²) in [6.45, 7) is 0.977. The molecule has 3 unspecified atom stereocenters. The van der Waals surface area contributed by atoms with Crippen molar-refractivity contribution in [1.82, 2.24) is 5.32 Å². The maximum atomic E-state index is 14.8. The molecule has 3 atom stereocenters. The van der Waals surface area contributed by atoms with E-state index in [0.717, 1.165) is 29.9 Å². The number of carbonyl (C=O) groups excluding carboxylic acids is 2. The number of ether oxygens (including phenoxy) is 3. The molecule has 1 aromatic rings. The van der Waals surface area contributed by atoms with E-state index in [4.69, 9.17) is 9.47 Å². The van der Waals surface area contributed by atoms with Crippen LogP contribution < -0.4 is 15.1 Å². The van der Waals surface area contributed by atoms with Crippen LogP contribution in [-0.4, -0.2) is 63.8 Å². The van der Waals surface area contributed by atoms with Crippen molar-refractivity contribution in [3.63, 3.8) is 0 Å². The van der Waals surface area contributed by atoms with Crippen molar-refractivity contribution in [2.75, 3.05) is 43.1 Å². The largest absolute Gasteiger partial charge is 0.453 e. The fourth-order valence-corrected chi connectivity index (χ4v) is 3.92. The van der Waals surface area contributed by atoms with Crippen LogP contribution in [-0.2, 0) is 14.2 Å². The fourth-order valence-electron chi connectivity index (χ4n) is 3.92. The Labute approximate surface area is 160 Å². The van der Waals surface area contributed by atoms with Crippen LogP contribution >= 0.6 is 0 Å². The van der Waals surface area contributed by atoms with Gasteiger partial charge in [0.1, 0.15) is 11.8 Å². The molecule has 28 heavy (non-hydrogen) atoms. The molecular weight excluding hydrogens is 376 g/mol. The molecule has 3 saturated heterocycles. The first-order chi connectivity index (χ1) is 13.4. The summed E-state index contributed by atoms with van der Waals surface area (Å²) in [5.74, 6) is -1.47. The van der Waals surface area contributed by atoms with Gasteiger partial charge in [0.25, 0.3) is 0 Å². The SMILES string of the molecule is COC(=O)NCC1CN(c2cc(F)c(N3CC4CCC(C3)O4)c(F)c2)C(=O)O1. The summed E-state index contributed by atoms with van der Waals surface area (Å²) < 4.78 is 44.8. The van der Waals surface area contributed by atoms with E-state index in [1.807, 2.05) is 0 Å². The third-order valence-electron chi connectivity index (χ3n) is 5.21. The highest BCUT2D eigenvalue weighted by Gasteiger charge is 2.37. The number of hydrogen-bond acceptors (Lipinski definition) is 6. The predicted molar refractivity (Wildman–Crippen MR) is 94.5 cm³/mol. The van der Waals surface area contributed by atoms with Crippen LogP contribution in [0.25, 0.3) is 0 Å². The standard InChI is InChI=1S/C18H21F2N3O5/c1-26-17(24)21-6-13-9-23(18(25)28-13)10-4-14(19)16(15(20)5-10)22-7-11-2-3-12(8-22)27-11/h4-5,11-13H,2-3,6-9H2,1H3,(H,21,24). The number of methoxy groups -OCH3 is 1. The number of carbonyl (C=O) groups is 2. The molecule has 2 bridgehead atoms. The third kappa shape index (κ3) is 3.56. The Morgan fingerprint density at radius 1 is 1.21 bits per heavy atom. The van der Waals surface area contributed by atoms with Crippen molar-refractivity contribution in [3.05, 3.63) is 23.8 Å². The Balaban J connectivity index is 1.48. The van der Waals surface area contributed by atoms with Crippen molar-refractivity contribution in [1.29, 1.82) is 0 Å². The Morgan fingerprint density at radius 3 is 2.46 bits per heavy atom. The number of fused-ring (bicyclic) bond motifs is 2. The maximum Gasteiger partial charge on any atom is 0.414 e. The molecular formula is C18H21F2N3O5. The normalized spacial score (nSPS) is 26.4. The highest BCUT2D eigenvalue weighted by atomic mass is 19.1. The highest BCUT2D eigenvalue weighted by molar-refractivity contribution is 5.90. The van der Waals surface area contributed by atoms with Gasteiger partial charge in [0.2, 0.25) is 0 Å². The lowest BCUT2D eigenvalue weighted by Gasteiger charge is -2.34. The number of morpholine rings is 1. The van der Waals surface area contributed by atoms with Gasteiger partial charge in [-0.05, 0) is 12.8 Å². The van der Waals surface area contributed by atoms with Crippen molar-refractivity contribution < 1.29 is 32.6 Å². The highest BCUT2D eigenvalue weighted by Crippen LogP contribution is 2.35. The molecule has 3 aliphatic heterocycles. The monoisotopic (exact) mass is 397 g/mol. The molecule has 8 nitrogen and oxygen atoms in total. The minimum Gasteiger partial charge on any atom is -0.453 e. The lowest BCUT2D eigenvalue weighted by Crippen LogP contribution is -2.43. The molecule has 3 heterocycles. The zero-order valence-corrected chi connectivity index (χ0v) is 15.3. The van der Waals surface area contributed by atoms with Gasteiger partial charge >= 0.3 is 12.2 Å². The van der Waals surface area contributed by atoms with E-state index in [0.29, 0.717) is 13.1 Å². The second-order valence-electron chi connectivity index (χ2n) is 7.11. The van der Waals surface area contributed by atoms with Gasteiger partial charge in [-0.1, -0.05) is 0 Å². The molecule has 3 aliphatic rings. The number of cyclic esters (lactones) is 1. The number of hydrogen-bond donors (Lipinski definition) is 1. The molecule has 0 aromatic heterocycles. The van der Waals surface area contributed by atoms with Crippen LogP contribution in [0.2, 0.25) is 0 Å². The van der Waals surface area contributed by atoms with Crippen LogP contribution in [0.1, 0.15) is 12.8 Å². The molecule has 152 valence electrons. The lowest BCUT2D eigenvalue weighted by molar-refractivity contribution is 0.0300. The average Bonchev–Trinajstić information content (AvgIpc) is 3.20. The Bertz CT molecular complexity index is 757. The van der Waals surface area contributed by atoms with Crippen LogP contribution in [0.15, 0.2) is 12.1 Å². The van der Waals surface area contributed by atoms with Crippen molar-refractivity contribution in [3.8, 4) is 0 Å².